The van der Waals surface area contributed by atoms with Crippen molar-refractivity contribution in [2.24, 2.45) is 4.99 Å². The molecule has 0 radical (unpaired) electrons. The van der Waals surface area contributed by atoms with Crippen LogP contribution >= 0.6 is 0 Å². The largest absolute Gasteiger partial charge is 0.461 e. The van der Waals surface area contributed by atoms with Crippen LogP contribution in [0.4, 0.5) is 0 Å². The third kappa shape index (κ3) is 3.05. The first-order valence-corrected chi connectivity index (χ1v) is 6.76. The third-order valence-electron chi connectivity index (χ3n) is 3.27. The summed E-state index contributed by atoms with van der Waals surface area (Å²) in [4.78, 5) is 4.71. The van der Waals surface area contributed by atoms with Crippen LogP contribution in [0.3, 0.4) is 0 Å². The van der Waals surface area contributed by atoms with Crippen molar-refractivity contribution in [2.75, 3.05) is 0 Å². The van der Waals surface area contributed by atoms with Gasteiger partial charge in [0.25, 0.3) is 0 Å². The molecule has 1 aliphatic rings. The molecule has 0 unspecified atom stereocenters. The molecule has 0 saturated heterocycles. The van der Waals surface area contributed by atoms with Gasteiger partial charge in [-0.25, -0.2) is 0 Å². The number of hydrogen-bond acceptors (Lipinski definition) is 2. The van der Waals surface area contributed by atoms with E-state index in [-0.39, 0.29) is 6.04 Å². The van der Waals surface area contributed by atoms with E-state index in [0.717, 1.165) is 11.6 Å². The molecule has 0 spiro atoms. The average Bonchev–Trinajstić information content (AvgIpc) is 3.09. The molecule has 0 bridgehead atoms. The number of rotatable bonds is 4. The molecule has 1 aliphatic carbocycles. The Morgan fingerprint density at radius 2 is 2.00 bits per heavy atom. The minimum Gasteiger partial charge on any atom is -0.461 e. The maximum Gasteiger partial charge on any atom is 0.168 e. The summed E-state index contributed by atoms with van der Waals surface area (Å²) in [7, 11) is 0. The smallest absolute Gasteiger partial charge is 0.168 e. The number of hydrogen-bond donors (Lipinski definition) is 1. The first-order valence-electron chi connectivity index (χ1n) is 6.76. The zero-order chi connectivity index (χ0) is 13.1. The molecular formula is C16H18N2O. The van der Waals surface area contributed by atoms with Gasteiger partial charge < -0.3 is 9.73 Å². The number of benzene rings is 1. The molecule has 3 rings (SSSR count). The monoisotopic (exact) mass is 254 g/mol. The molecule has 0 aliphatic heterocycles. The second-order valence-electron chi connectivity index (χ2n) is 4.96. The van der Waals surface area contributed by atoms with Gasteiger partial charge in [-0.3, -0.25) is 4.99 Å². The van der Waals surface area contributed by atoms with Crippen LogP contribution in [0.1, 0.15) is 37.1 Å². The lowest BCUT2D eigenvalue weighted by Gasteiger charge is -2.16. The van der Waals surface area contributed by atoms with Gasteiger partial charge in [0.2, 0.25) is 0 Å². The second kappa shape index (κ2) is 5.31. The first-order chi connectivity index (χ1) is 9.33. The second-order valence-corrected chi connectivity index (χ2v) is 4.96. The van der Waals surface area contributed by atoms with Gasteiger partial charge >= 0.3 is 0 Å². The van der Waals surface area contributed by atoms with Crippen LogP contribution in [0.5, 0.6) is 0 Å². The highest BCUT2D eigenvalue weighted by molar-refractivity contribution is 5.96. The summed E-state index contributed by atoms with van der Waals surface area (Å²) >= 11 is 0. The van der Waals surface area contributed by atoms with Crippen LogP contribution in [0.15, 0.2) is 58.1 Å². The fourth-order valence-corrected chi connectivity index (χ4v) is 2.00. The Labute approximate surface area is 113 Å². The van der Waals surface area contributed by atoms with E-state index in [1.165, 1.54) is 18.4 Å². The quantitative estimate of drug-likeness (QED) is 0.669. The fourth-order valence-electron chi connectivity index (χ4n) is 2.00. The van der Waals surface area contributed by atoms with E-state index < -0.39 is 0 Å². The van der Waals surface area contributed by atoms with Gasteiger partial charge in [0.15, 0.2) is 11.6 Å². The van der Waals surface area contributed by atoms with Crippen molar-refractivity contribution in [1.29, 1.82) is 0 Å². The van der Waals surface area contributed by atoms with E-state index in [4.69, 9.17) is 9.41 Å². The van der Waals surface area contributed by atoms with Crippen LogP contribution in [0.2, 0.25) is 0 Å². The van der Waals surface area contributed by atoms with Crippen LogP contribution in [-0.2, 0) is 0 Å². The van der Waals surface area contributed by atoms with Crippen molar-refractivity contribution in [1.82, 2.24) is 5.32 Å². The van der Waals surface area contributed by atoms with E-state index in [2.05, 4.69) is 36.5 Å². The van der Waals surface area contributed by atoms with Crippen molar-refractivity contribution >= 4 is 5.84 Å². The van der Waals surface area contributed by atoms with E-state index in [9.17, 15) is 0 Å². The molecule has 1 heterocycles. The van der Waals surface area contributed by atoms with Crippen molar-refractivity contribution in [3.8, 4) is 0 Å². The first kappa shape index (κ1) is 12.0. The topological polar surface area (TPSA) is 37.5 Å². The highest BCUT2D eigenvalue weighted by atomic mass is 16.3. The lowest BCUT2D eigenvalue weighted by atomic mass is 10.1. The van der Waals surface area contributed by atoms with Gasteiger partial charge in [-0.05, 0) is 37.5 Å². The lowest BCUT2D eigenvalue weighted by Crippen LogP contribution is -2.27. The minimum absolute atomic E-state index is 0.212. The Hall–Kier alpha value is -2.03. The summed E-state index contributed by atoms with van der Waals surface area (Å²) in [6.45, 7) is 2.14. The molecule has 2 aromatic rings. The molecule has 1 aromatic carbocycles. The maximum atomic E-state index is 5.47. The normalized spacial score (nSPS) is 17.2. The highest BCUT2D eigenvalue weighted by Gasteiger charge is 2.23. The molecule has 1 atom stereocenters. The van der Waals surface area contributed by atoms with Crippen LogP contribution in [0, 0.1) is 0 Å². The Morgan fingerprint density at radius 3 is 2.63 bits per heavy atom. The van der Waals surface area contributed by atoms with Gasteiger partial charge in [0.1, 0.15) is 0 Å². The molecule has 1 aromatic heterocycles. The number of amidine groups is 1. The van der Waals surface area contributed by atoms with E-state index in [1.807, 2.05) is 18.2 Å². The van der Waals surface area contributed by atoms with Crippen molar-refractivity contribution in [3.63, 3.8) is 0 Å². The maximum absolute atomic E-state index is 5.47. The molecule has 19 heavy (non-hydrogen) atoms. The minimum atomic E-state index is 0.212. The van der Waals surface area contributed by atoms with E-state index >= 15 is 0 Å². The number of nitrogens with one attached hydrogen (secondary N) is 1. The summed E-state index contributed by atoms with van der Waals surface area (Å²) in [5.74, 6) is 1.68. The molecule has 1 saturated carbocycles. The molecule has 98 valence electrons. The zero-order valence-electron chi connectivity index (χ0n) is 11.0. The van der Waals surface area contributed by atoms with Crippen molar-refractivity contribution in [2.45, 2.75) is 31.8 Å². The van der Waals surface area contributed by atoms with E-state index in [0.29, 0.717) is 6.04 Å². The number of nitrogens with zero attached hydrogens (tertiary/aromatic N) is 1. The summed E-state index contributed by atoms with van der Waals surface area (Å²) in [6.07, 6.45) is 4.06. The van der Waals surface area contributed by atoms with Gasteiger partial charge in [-0.15, -0.1) is 0 Å². The summed E-state index contributed by atoms with van der Waals surface area (Å²) in [5.41, 5.74) is 1.25. The summed E-state index contributed by atoms with van der Waals surface area (Å²) in [6, 6.07) is 14.9. The van der Waals surface area contributed by atoms with Crippen molar-refractivity contribution in [3.05, 3.63) is 60.1 Å². The van der Waals surface area contributed by atoms with Crippen molar-refractivity contribution < 1.29 is 4.42 Å². The number of furan rings is 1. The van der Waals surface area contributed by atoms with Gasteiger partial charge in [-0.2, -0.15) is 0 Å². The SMILES string of the molecule is C[C@@H](NC(=NC1CC1)c1ccco1)c1ccccc1. The third-order valence-corrected chi connectivity index (χ3v) is 3.27. The molecule has 3 nitrogen and oxygen atoms in total. The summed E-state index contributed by atoms with van der Waals surface area (Å²) < 4.78 is 5.47. The average molecular weight is 254 g/mol. The predicted molar refractivity (Wildman–Crippen MR) is 76.3 cm³/mol. The summed E-state index contributed by atoms with van der Waals surface area (Å²) in [5, 5.41) is 3.46. The highest BCUT2D eigenvalue weighted by Crippen LogP contribution is 2.25. The van der Waals surface area contributed by atoms with Crippen LogP contribution < -0.4 is 5.32 Å². The zero-order valence-corrected chi connectivity index (χ0v) is 11.0. The molecule has 3 heteroatoms. The standard InChI is InChI=1S/C16H18N2O/c1-12(13-6-3-2-4-7-13)17-16(18-14-9-10-14)15-8-5-11-19-15/h2-8,11-12,14H,9-10H2,1H3,(H,17,18)/t12-/m1/s1. The lowest BCUT2D eigenvalue weighted by molar-refractivity contribution is 0.548. The Bertz CT molecular complexity index is 541. The number of aliphatic imine (C=N–C) groups is 1. The van der Waals surface area contributed by atoms with Gasteiger partial charge in [0.05, 0.1) is 18.3 Å². The Kier molecular flexibility index (Phi) is 3.36. The van der Waals surface area contributed by atoms with E-state index in [1.54, 1.807) is 6.26 Å². The molecule has 1 N–H and O–H groups in total. The molecular weight excluding hydrogens is 236 g/mol. The Morgan fingerprint density at radius 1 is 1.21 bits per heavy atom. The molecule has 1 fully saturated rings. The van der Waals surface area contributed by atoms with Gasteiger partial charge in [0, 0.05) is 0 Å². The van der Waals surface area contributed by atoms with Crippen LogP contribution in [-0.4, -0.2) is 11.9 Å². The Balaban J connectivity index is 1.78. The van der Waals surface area contributed by atoms with Crippen LogP contribution in [0.25, 0.3) is 0 Å². The fraction of sp³-hybridized carbons (Fsp3) is 0.312. The molecule has 0 amide bonds. The van der Waals surface area contributed by atoms with Gasteiger partial charge in [-0.1, -0.05) is 30.3 Å². The predicted octanol–water partition coefficient (Wildman–Crippen LogP) is 3.54.